The molecule has 43 heavy (non-hydrogen) atoms. The second-order valence-corrected chi connectivity index (χ2v) is 12.0. The van der Waals surface area contributed by atoms with Gasteiger partial charge in [-0.15, -0.1) is 11.3 Å². The third-order valence-corrected chi connectivity index (χ3v) is 9.64. The van der Waals surface area contributed by atoms with Crippen LogP contribution in [0, 0.1) is 0 Å². The summed E-state index contributed by atoms with van der Waals surface area (Å²) in [5, 5.41) is 7.21. The first-order chi connectivity index (χ1) is 21.3. The molecule has 0 saturated heterocycles. The summed E-state index contributed by atoms with van der Waals surface area (Å²) < 4.78 is 8.96. The van der Waals surface area contributed by atoms with Crippen molar-refractivity contribution in [3.63, 3.8) is 0 Å². The average molecular weight is 568 g/mol. The lowest BCUT2D eigenvalue weighted by Gasteiger charge is -2.29. The van der Waals surface area contributed by atoms with E-state index in [1.54, 1.807) is 0 Å². The van der Waals surface area contributed by atoms with Gasteiger partial charge in [0.1, 0.15) is 11.2 Å². The molecule has 0 N–H and O–H groups in total. The lowest BCUT2D eigenvalue weighted by molar-refractivity contribution is 0.669. The Kier molecular flexibility index (Phi) is 5.40. The third-order valence-electron chi connectivity index (χ3n) is 8.44. The van der Waals surface area contributed by atoms with E-state index in [2.05, 4.69) is 150 Å². The van der Waals surface area contributed by atoms with Gasteiger partial charge in [0.15, 0.2) is 0 Å². The summed E-state index contributed by atoms with van der Waals surface area (Å²) in [4.78, 5) is 2.47. The summed E-state index contributed by atoms with van der Waals surface area (Å²) in [5.41, 5.74) is 7.54. The summed E-state index contributed by atoms with van der Waals surface area (Å²) in [6.45, 7) is 0. The van der Waals surface area contributed by atoms with Crippen molar-refractivity contribution >= 4 is 81.3 Å². The van der Waals surface area contributed by atoms with Crippen LogP contribution in [0.25, 0.3) is 64.0 Å². The van der Waals surface area contributed by atoms with Crippen molar-refractivity contribution in [3.05, 3.63) is 152 Å². The number of thiophene rings is 1. The van der Waals surface area contributed by atoms with E-state index >= 15 is 0 Å². The molecular formula is C40H25NOS. The number of anilines is 3. The van der Waals surface area contributed by atoms with Gasteiger partial charge in [0.25, 0.3) is 0 Å². The Labute approximate surface area is 252 Å². The fraction of sp³-hybridized carbons (Fsp3) is 0. The van der Waals surface area contributed by atoms with E-state index in [4.69, 9.17) is 4.42 Å². The maximum atomic E-state index is 6.41. The maximum Gasteiger partial charge on any atom is 0.137 e. The topological polar surface area (TPSA) is 16.4 Å². The highest BCUT2D eigenvalue weighted by Crippen LogP contribution is 2.51. The number of nitrogens with zero attached hydrogens (tertiary/aromatic N) is 1. The molecule has 0 radical (unpaired) electrons. The molecule has 2 nitrogen and oxygen atoms in total. The molecule has 0 fully saturated rings. The molecule has 0 bridgehead atoms. The van der Waals surface area contributed by atoms with Crippen LogP contribution in [0.2, 0.25) is 0 Å². The van der Waals surface area contributed by atoms with E-state index in [9.17, 15) is 0 Å². The van der Waals surface area contributed by atoms with Gasteiger partial charge in [-0.2, -0.15) is 0 Å². The maximum absolute atomic E-state index is 6.41. The zero-order valence-electron chi connectivity index (χ0n) is 23.2. The first-order valence-electron chi connectivity index (χ1n) is 14.5. The number of benzene rings is 7. The molecule has 9 rings (SSSR count). The van der Waals surface area contributed by atoms with Gasteiger partial charge in [-0.05, 0) is 52.7 Å². The fourth-order valence-electron chi connectivity index (χ4n) is 6.49. The Morgan fingerprint density at radius 3 is 2.16 bits per heavy atom. The predicted octanol–water partition coefficient (Wildman–Crippen LogP) is 12.2. The van der Waals surface area contributed by atoms with Crippen LogP contribution >= 0.6 is 11.3 Å². The molecule has 202 valence electrons. The van der Waals surface area contributed by atoms with Crippen molar-refractivity contribution < 1.29 is 4.42 Å². The van der Waals surface area contributed by atoms with Crippen LogP contribution in [-0.2, 0) is 0 Å². The van der Waals surface area contributed by atoms with Crippen LogP contribution in [0.5, 0.6) is 0 Å². The summed E-state index contributed by atoms with van der Waals surface area (Å²) in [6, 6.07) is 54.3. The Bertz CT molecular complexity index is 2470. The van der Waals surface area contributed by atoms with E-state index < -0.39 is 0 Å². The number of hydrogen-bond acceptors (Lipinski definition) is 3. The van der Waals surface area contributed by atoms with Gasteiger partial charge in [-0.25, -0.2) is 0 Å². The molecule has 7 aromatic carbocycles. The van der Waals surface area contributed by atoms with Gasteiger partial charge < -0.3 is 9.32 Å². The molecular weight excluding hydrogens is 543 g/mol. The lowest BCUT2D eigenvalue weighted by Crippen LogP contribution is -2.12. The van der Waals surface area contributed by atoms with E-state index in [1.165, 1.54) is 47.8 Å². The highest BCUT2D eigenvalue weighted by Gasteiger charge is 2.25. The van der Waals surface area contributed by atoms with Gasteiger partial charge in [0, 0.05) is 32.1 Å². The monoisotopic (exact) mass is 567 g/mol. The summed E-state index contributed by atoms with van der Waals surface area (Å²) in [5.74, 6) is 0. The Morgan fingerprint density at radius 2 is 1.26 bits per heavy atom. The molecule has 9 aromatic rings. The van der Waals surface area contributed by atoms with E-state index in [0.717, 1.165) is 33.3 Å². The first kappa shape index (κ1) is 24.2. The molecule has 0 aliphatic carbocycles. The molecule has 0 atom stereocenters. The summed E-state index contributed by atoms with van der Waals surface area (Å²) in [7, 11) is 0. The SMILES string of the molecule is c1ccc(-c2ccc3c(sc4ccccc43)c2N(c2ccc3ccccc3c2)c2cccc3oc4ccccc4c23)cc1. The zero-order chi connectivity index (χ0) is 28.3. The van der Waals surface area contributed by atoms with Gasteiger partial charge >= 0.3 is 0 Å². The second-order valence-electron chi connectivity index (χ2n) is 10.9. The molecule has 0 unspecified atom stereocenters. The van der Waals surface area contributed by atoms with Crippen LogP contribution in [0.3, 0.4) is 0 Å². The minimum absolute atomic E-state index is 0.884. The van der Waals surface area contributed by atoms with E-state index in [-0.39, 0.29) is 0 Å². The molecule has 0 saturated carbocycles. The Balaban J connectivity index is 1.46. The van der Waals surface area contributed by atoms with E-state index in [1.807, 2.05) is 17.4 Å². The molecule has 2 heterocycles. The van der Waals surface area contributed by atoms with Gasteiger partial charge in [0.2, 0.25) is 0 Å². The van der Waals surface area contributed by atoms with Gasteiger partial charge in [-0.3, -0.25) is 0 Å². The van der Waals surface area contributed by atoms with Gasteiger partial charge in [0.05, 0.1) is 21.5 Å². The smallest absolute Gasteiger partial charge is 0.137 e. The first-order valence-corrected chi connectivity index (χ1v) is 15.3. The van der Waals surface area contributed by atoms with Crippen molar-refractivity contribution in [2.75, 3.05) is 4.90 Å². The van der Waals surface area contributed by atoms with Gasteiger partial charge in [-0.1, -0.05) is 115 Å². The van der Waals surface area contributed by atoms with Crippen molar-refractivity contribution in [3.8, 4) is 11.1 Å². The number of hydrogen-bond donors (Lipinski definition) is 0. The minimum Gasteiger partial charge on any atom is -0.456 e. The van der Waals surface area contributed by atoms with Crippen LogP contribution in [-0.4, -0.2) is 0 Å². The average Bonchev–Trinajstić information content (AvgIpc) is 3.64. The third kappa shape index (κ3) is 3.79. The van der Waals surface area contributed by atoms with Crippen molar-refractivity contribution in [2.45, 2.75) is 0 Å². The highest BCUT2D eigenvalue weighted by molar-refractivity contribution is 7.26. The minimum atomic E-state index is 0.884. The fourth-order valence-corrected chi connectivity index (χ4v) is 7.73. The number of rotatable bonds is 4. The highest BCUT2D eigenvalue weighted by atomic mass is 32.1. The molecule has 0 aliphatic heterocycles. The van der Waals surface area contributed by atoms with Crippen molar-refractivity contribution in [1.29, 1.82) is 0 Å². The van der Waals surface area contributed by atoms with Crippen LogP contribution in [0.4, 0.5) is 17.1 Å². The molecule has 3 heteroatoms. The van der Waals surface area contributed by atoms with Crippen LogP contribution < -0.4 is 4.90 Å². The molecule has 0 spiro atoms. The Hall–Kier alpha value is -5.38. The predicted molar refractivity (Wildman–Crippen MR) is 184 cm³/mol. The molecule has 0 aliphatic rings. The number of furan rings is 1. The van der Waals surface area contributed by atoms with Crippen LogP contribution in [0.15, 0.2) is 156 Å². The second kappa shape index (κ2) is 9.59. The van der Waals surface area contributed by atoms with E-state index in [0.29, 0.717) is 0 Å². The largest absolute Gasteiger partial charge is 0.456 e. The number of para-hydroxylation sites is 1. The summed E-state index contributed by atoms with van der Waals surface area (Å²) >= 11 is 1.86. The van der Waals surface area contributed by atoms with Crippen molar-refractivity contribution in [2.24, 2.45) is 0 Å². The van der Waals surface area contributed by atoms with Crippen LogP contribution in [0.1, 0.15) is 0 Å². The lowest BCUT2D eigenvalue weighted by atomic mass is 9.98. The zero-order valence-corrected chi connectivity index (χ0v) is 24.0. The standard InChI is InChI=1S/C40H25NOS/c1-2-12-27(13-3-1)30-23-24-32-31-15-7-9-20-37(31)43-40(32)39(30)41(29-22-21-26-11-4-5-14-28(26)25-29)34-17-10-19-36-38(34)33-16-6-8-18-35(33)42-36/h1-25H. The molecule has 2 aromatic heterocycles. The van der Waals surface area contributed by atoms with Crippen molar-refractivity contribution in [1.82, 2.24) is 0 Å². The normalized spacial score (nSPS) is 11.7. The Morgan fingerprint density at radius 1 is 0.512 bits per heavy atom. The quantitative estimate of drug-likeness (QED) is 0.210. The molecule has 0 amide bonds. The summed E-state index contributed by atoms with van der Waals surface area (Å²) in [6.07, 6.45) is 0. The number of fused-ring (bicyclic) bond motifs is 7.